The van der Waals surface area contributed by atoms with E-state index in [1.807, 2.05) is 0 Å². The molecule has 0 bridgehead atoms. The van der Waals surface area contributed by atoms with Crippen molar-refractivity contribution in [2.24, 2.45) is 5.92 Å². The average Bonchev–Trinajstić information content (AvgIpc) is 2.65. The van der Waals surface area contributed by atoms with Gasteiger partial charge in [-0.2, -0.15) is 0 Å². The normalized spacial score (nSPS) is 22.8. The summed E-state index contributed by atoms with van der Waals surface area (Å²) in [6.07, 6.45) is 1.71. The maximum absolute atomic E-state index is 5.48. The SMILES string of the molecule is CCN1CCC(CNCCOC(C)C)C1. The minimum atomic E-state index is 0.355. The summed E-state index contributed by atoms with van der Waals surface area (Å²) in [5.41, 5.74) is 0. The van der Waals surface area contributed by atoms with E-state index in [1.54, 1.807) is 0 Å². The number of hydrogen-bond acceptors (Lipinski definition) is 3. The summed E-state index contributed by atoms with van der Waals surface area (Å²) in [6.45, 7) is 13.1. The number of nitrogens with one attached hydrogen (secondary N) is 1. The molecule has 1 saturated heterocycles. The summed E-state index contributed by atoms with van der Waals surface area (Å²) in [4.78, 5) is 2.52. The molecule has 0 aromatic carbocycles. The Morgan fingerprint density at radius 2 is 2.27 bits per heavy atom. The molecule has 3 nitrogen and oxygen atoms in total. The van der Waals surface area contributed by atoms with E-state index in [4.69, 9.17) is 4.74 Å². The highest BCUT2D eigenvalue weighted by Gasteiger charge is 2.20. The zero-order valence-corrected chi connectivity index (χ0v) is 10.5. The second-order valence-corrected chi connectivity index (χ2v) is 4.67. The predicted molar refractivity (Wildman–Crippen MR) is 64.2 cm³/mol. The fourth-order valence-corrected chi connectivity index (χ4v) is 2.04. The van der Waals surface area contributed by atoms with E-state index in [9.17, 15) is 0 Å². The maximum atomic E-state index is 5.48. The topological polar surface area (TPSA) is 24.5 Å². The molecule has 0 spiro atoms. The third kappa shape index (κ3) is 5.50. The van der Waals surface area contributed by atoms with E-state index in [0.717, 1.165) is 25.6 Å². The van der Waals surface area contributed by atoms with Crippen LogP contribution in [0, 0.1) is 5.92 Å². The molecule has 3 heteroatoms. The summed E-state index contributed by atoms with van der Waals surface area (Å²) in [5.74, 6) is 0.851. The van der Waals surface area contributed by atoms with Crippen LogP contribution in [-0.4, -0.2) is 50.3 Å². The van der Waals surface area contributed by atoms with Crippen LogP contribution in [0.4, 0.5) is 0 Å². The van der Waals surface area contributed by atoms with Gasteiger partial charge in [0.15, 0.2) is 0 Å². The van der Waals surface area contributed by atoms with Crippen molar-refractivity contribution in [2.45, 2.75) is 33.3 Å². The first-order chi connectivity index (χ1) is 7.22. The Hall–Kier alpha value is -0.120. The van der Waals surface area contributed by atoms with Crippen LogP contribution in [0.1, 0.15) is 27.2 Å². The van der Waals surface area contributed by atoms with Crippen LogP contribution in [-0.2, 0) is 4.74 Å². The zero-order valence-electron chi connectivity index (χ0n) is 10.5. The first-order valence-electron chi connectivity index (χ1n) is 6.27. The summed E-state index contributed by atoms with van der Waals surface area (Å²) in [7, 11) is 0. The molecule has 1 aliphatic rings. The number of nitrogens with zero attached hydrogens (tertiary/aromatic N) is 1. The van der Waals surface area contributed by atoms with E-state index < -0.39 is 0 Å². The van der Waals surface area contributed by atoms with Crippen molar-refractivity contribution in [2.75, 3.05) is 39.3 Å². The van der Waals surface area contributed by atoms with Gasteiger partial charge >= 0.3 is 0 Å². The molecule has 0 aromatic rings. The summed E-state index contributed by atoms with van der Waals surface area (Å²) in [5, 5.41) is 3.48. The van der Waals surface area contributed by atoms with Gasteiger partial charge in [-0.25, -0.2) is 0 Å². The first-order valence-corrected chi connectivity index (χ1v) is 6.27. The highest BCUT2D eigenvalue weighted by molar-refractivity contribution is 4.76. The zero-order chi connectivity index (χ0) is 11.1. The number of rotatable bonds is 7. The summed E-state index contributed by atoms with van der Waals surface area (Å²) < 4.78 is 5.48. The Kier molecular flexibility index (Phi) is 6.22. The lowest BCUT2D eigenvalue weighted by Crippen LogP contribution is -2.29. The second kappa shape index (κ2) is 7.20. The highest BCUT2D eigenvalue weighted by atomic mass is 16.5. The van der Waals surface area contributed by atoms with Gasteiger partial charge in [-0.15, -0.1) is 0 Å². The number of hydrogen-bond donors (Lipinski definition) is 1. The standard InChI is InChI=1S/C12H26N2O/c1-4-14-7-5-12(10-14)9-13-6-8-15-11(2)3/h11-13H,4-10H2,1-3H3. The van der Waals surface area contributed by atoms with Crippen molar-refractivity contribution in [3.8, 4) is 0 Å². The number of ether oxygens (including phenoxy) is 1. The lowest BCUT2D eigenvalue weighted by molar-refractivity contribution is 0.0804. The molecule has 1 fully saturated rings. The average molecular weight is 214 g/mol. The van der Waals surface area contributed by atoms with Crippen molar-refractivity contribution in [1.29, 1.82) is 0 Å². The molecule has 0 amide bonds. The largest absolute Gasteiger partial charge is 0.377 e. The summed E-state index contributed by atoms with van der Waals surface area (Å²) >= 11 is 0. The minimum absolute atomic E-state index is 0.355. The Bertz CT molecular complexity index is 162. The van der Waals surface area contributed by atoms with Crippen LogP contribution in [0.5, 0.6) is 0 Å². The molecule has 0 saturated carbocycles. The molecule has 1 unspecified atom stereocenters. The van der Waals surface area contributed by atoms with Gasteiger partial charge in [0.05, 0.1) is 12.7 Å². The van der Waals surface area contributed by atoms with Crippen LogP contribution >= 0.6 is 0 Å². The fourth-order valence-electron chi connectivity index (χ4n) is 2.04. The summed E-state index contributed by atoms with van der Waals surface area (Å²) in [6, 6.07) is 0. The second-order valence-electron chi connectivity index (χ2n) is 4.67. The smallest absolute Gasteiger partial charge is 0.0594 e. The Morgan fingerprint density at radius 3 is 2.87 bits per heavy atom. The molecule has 90 valence electrons. The molecule has 0 radical (unpaired) electrons. The third-order valence-corrected chi connectivity index (χ3v) is 2.98. The quantitative estimate of drug-likeness (QED) is 0.647. The van der Waals surface area contributed by atoms with Crippen molar-refractivity contribution in [1.82, 2.24) is 10.2 Å². The van der Waals surface area contributed by atoms with Crippen LogP contribution < -0.4 is 5.32 Å². The predicted octanol–water partition coefficient (Wildman–Crippen LogP) is 1.34. The van der Waals surface area contributed by atoms with Crippen molar-refractivity contribution < 1.29 is 4.74 Å². The Labute approximate surface area is 94.2 Å². The molecule has 1 rings (SSSR count). The van der Waals surface area contributed by atoms with Crippen LogP contribution in [0.15, 0.2) is 0 Å². The Morgan fingerprint density at radius 1 is 1.47 bits per heavy atom. The molecule has 0 aliphatic carbocycles. The van der Waals surface area contributed by atoms with E-state index in [0.29, 0.717) is 6.10 Å². The van der Waals surface area contributed by atoms with Gasteiger partial charge < -0.3 is 15.0 Å². The first kappa shape index (κ1) is 12.9. The molecule has 1 N–H and O–H groups in total. The fraction of sp³-hybridized carbons (Fsp3) is 1.00. The molecule has 15 heavy (non-hydrogen) atoms. The van der Waals surface area contributed by atoms with Gasteiger partial charge in [0, 0.05) is 13.1 Å². The molecule has 0 aromatic heterocycles. The van der Waals surface area contributed by atoms with Gasteiger partial charge in [0.1, 0.15) is 0 Å². The lowest BCUT2D eigenvalue weighted by Gasteiger charge is -2.14. The van der Waals surface area contributed by atoms with Gasteiger partial charge in [0.2, 0.25) is 0 Å². The molecule has 1 atom stereocenters. The van der Waals surface area contributed by atoms with Gasteiger partial charge in [-0.1, -0.05) is 6.92 Å². The van der Waals surface area contributed by atoms with Crippen molar-refractivity contribution >= 4 is 0 Å². The Balaban J connectivity index is 1.92. The van der Waals surface area contributed by atoms with E-state index in [2.05, 4.69) is 31.0 Å². The van der Waals surface area contributed by atoms with Gasteiger partial charge in [-0.05, 0) is 45.8 Å². The number of likely N-dealkylation sites (tertiary alicyclic amines) is 1. The minimum Gasteiger partial charge on any atom is -0.377 e. The van der Waals surface area contributed by atoms with E-state index in [-0.39, 0.29) is 0 Å². The highest BCUT2D eigenvalue weighted by Crippen LogP contribution is 2.14. The molecule has 1 heterocycles. The maximum Gasteiger partial charge on any atom is 0.0594 e. The molecule has 1 aliphatic heterocycles. The van der Waals surface area contributed by atoms with Crippen molar-refractivity contribution in [3.05, 3.63) is 0 Å². The van der Waals surface area contributed by atoms with Gasteiger partial charge in [0.25, 0.3) is 0 Å². The van der Waals surface area contributed by atoms with Crippen LogP contribution in [0.25, 0.3) is 0 Å². The monoisotopic (exact) mass is 214 g/mol. The molecular weight excluding hydrogens is 188 g/mol. The van der Waals surface area contributed by atoms with Crippen LogP contribution in [0.3, 0.4) is 0 Å². The van der Waals surface area contributed by atoms with E-state index in [1.165, 1.54) is 26.1 Å². The third-order valence-electron chi connectivity index (χ3n) is 2.98. The lowest BCUT2D eigenvalue weighted by atomic mass is 10.1. The van der Waals surface area contributed by atoms with Crippen molar-refractivity contribution in [3.63, 3.8) is 0 Å². The molecular formula is C12H26N2O. The van der Waals surface area contributed by atoms with E-state index >= 15 is 0 Å². The van der Waals surface area contributed by atoms with Crippen LogP contribution in [0.2, 0.25) is 0 Å². The van der Waals surface area contributed by atoms with Gasteiger partial charge in [-0.3, -0.25) is 0 Å².